The molecule has 2 heterocycles. The largest absolute Gasteiger partial charge is 0.342 e. The van der Waals surface area contributed by atoms with Crippen LogP contribution in [0.2, 0.25) is 0 Å². The maximum atomic E-state index is 11.8. The Bertz CT molecular complexity index is 473. The lowest BCUT2D eigenvalue weighted by Gasteiger charge is -2.48. The topological polar surface area (TPSA) is 77.0 Å². The molecule has 6 heteroatoms. The van der Waals surface area contributed by atoms with Crippen molar-refractivity contribution in [3.8, 4) is 0 Å². The maximum absolute atomic E-state index is 11.8. The Kier molecular flexibility index (Phi) is 4.76. The second-order valence-corrected chi connectivity index (χ2v) is 6.88. The van der Waals surface area contributed by atoms with Gasteiger partial charge in [-0.15, -0.1) is 0 Å². The molecule has 1 aliphatic heterocycles. The van der Waals surface area contributed by atoms with Crippen molar-refractivity contribution in [3.05, 3.63) is 12.7 Å². The van der Waals surface area contributed by atoms with Crippen LogP contribution in [0.3, 0.4) is 0 Å². The summed E-state index contributed by atoms with van der Waals surface area (Å²) >= 11 is 0. The lowest BCUT2D eigenvalue weighted by atomic mass is 9.63. The number of aromatic nitrogens is 3. The SMILES string of the molecule is NCC(=O)N1CCC(Cn2cncn2)(C2CCCCC2)CC1. The highest BCUT2D eigenvalue weighted by Gasteiger charge is 2.42. The molecule has 0 radical (unpaired) electrons. The maximum Gasteiger partial charge on any atom is 0.236 e. The summed E-state index contributed by atoms with van der Waals surface area (Å²) in [6, 6.07) is 0. The Morgan fingerprint density at radius 3 is 2.55 bits per heavy atom. The highest BCUT2D eigenvalue weighted by atomic mass is 16.2. The van der Waals surface area contributed by atoms with E-state index >= 15 is 0 Å². The molecule has 0 spiro atoms. The number of carbonyl (C=O) groups is 1. The van der Waals surface area contributed by atoms with Crippen LogP contribution in [0.1, 0.15) is 44.9 Å². The van der Waals surface area contributed by atoms with Gasteiger partial charge in [-0.05, 0) is 37.0 Å². The summed E-state index contributed by atoms with van der Waals surface area (Å²) in [4.78, 5) is 17.9. The van der Waals surface area contributed by atoms with Gasteiger partial charge in [-0.2, -0.15) is 5.10 Å². The van der Waals surface area contributed by atoms with E-state index in [-0.39, 0.29) is 17.9 Å². The number of carbonyl (C=O) groups excluding carboxylic acids is 1. The van der Waals surface area contributed by atoms with Crippen molar-refractivity contribution in [3.63, 3.8) is 0 Å². The van der Waals surface area contributed by atoms with E-state index in [0.717, 1.165) is 38.4 Å². The van der Waals surface area contributed by atoms with Crippen molar-refractivity contribution in [2.75, 3.05) is 19.6 Å². The zero-order valence-corrected chi connectivity index (χ0v) is 13.3. The second-order valence-electron chi connectivity index (χ2n) is 6.88. The summed E-state index contributed by atoms with van der Waals surface area (Å²) in [5.74, 6) is 0.832. The first kappa shape index (κ1) is 15.5. The van der Waals surface area contributed by atoms with Crippen molar-refractivity contribution < 1.29 is 4.79 Å². The van der Waals surface area contributed by atoms with E-state index in [4.69, 9.17) is 5.73 Å². The molecule has 2 fully saturated rings. The molecule has 1 aromatic heterocycles. The van der Waals surface area contributed by atoms with Crippen molar-refractivity contribution in [1.82, 2.24) is 19.7 Å². The summed E-state index contributed by atoms with van der Waals surface area (Å²) in [6.45, 7) is 2.73. The molecule has 22 heavy (non-hydrogen) atoms. The Labute approximate surface area is 132 Å². The third kappa shape index (κ3) is 3.16. The van der Waals surface area contributed by atoms with Crippen molar-refractivity contribution in [1.29, 1.82) is 0 Å². The van der Waals surface area contributed by atoms with Crippen LogP contribution in [-0.2, 0) is 11.3 Å². The third-order valence-electron chi connectivity index (χ3n) is 5.70. The molecule has 1 aromatic rings. The number of nitrogens with two attached hydrogens (primary N) is 1. The molecule has 3 rings (SSSR count). The van der Waals surface area contributed by atoms with Crippen LogP contribution in [0.25, 0.3) is 0 Å². The van der Waals surface area contributed by atoms with Gasteiger partial charge >= 0.3 is 0 Å². The Morgan fingerprint density at radius 1 is 1.23 bits per heavy atom. The van der Waals surface area contributed by atoms with E-state index in [2.05, 4.69) is 10.1 Å². The van der Waals surface area contributed by atoms with Gasteiger partial charge in [-0.1, -0.05) is 19.3 Å². The molecule has 2 N–H and O–H groups in total. The van der Waals surface area contributed by atoms with Gasteiger partial charge in [-0.3, -0.25) is 9.48 Å². The van der Waals surface area contributed by atoms with Gasteiger partial charge < -0.3 is 10.6 Å². The molecule has 0 aromatic carbocycles. The minimum atomic E-state index is 0.0815. The van der Waals surface area contributed by atoms with Gasteiger partial charge in [0.1, 0.15) is 12.7 Å². The highest BCUT2D eigenvalue weighted by Crippen LogP contribution is 2.46. The fourth-order valence-corrected chi connectivity index (χ4v) is 4.38. The molecule has 122 valence electrons. The van der Waals surface area contributed by atoms with Crippen LogP contribution in [0.5, 0.6) is 0 Å². The summed E-state index contributed by atoms with van der Waals surface area (Å²) in [7, 11) is 0. The fraction of sp³-hybridized carbons (Fsp3) is 0.812. The lowest BCUT2D eigenvalue weighted by molar-refractivity contribution is -0.133. The van der Waals surface area contributed by atoms with E-state index in [1.54, 1.807) is 6.33 Å². The normalized spacial score (nSPS) is 22.7. The number of rotatable bonds is 4. The molecular weight excluding hydrogens is 278 g/mol. The number of nitrogens with zero attached hydrogens (tertiary/aromatic N) is 4. The minimum Gasteiger partial charge on any atom is -0.342 e. The molecular formula is C16H27N5O. The average Bonchev–Trinajstić information content (AvgIpc) is 3.08. The van der Waals surface area contributed by atoms with Gasteiger partial charge in [0.05, 0.1) is 6.54 Å². The zero-order chi connectivity index (χ0) is 15.4. The predicted octanol–water partition coefficient (Wildman–Crippen LogP) is 1.43. The monoisotopic (exact) mass is 305 g/mol. The molecule has 2 aliphatic rings. The minimum absolute atomic E-state index is 0.0815. The lowest BCUT2D eigenvalue weighted by Crippen LogP contribution is -2.49. The van der Waals surface area contributed by atoms with E-state index in [1.165, 1.54) is 32.1 Å². The standard InChI is InChI=1S/C16H27N5O/c17-10-15(22)20-8-6-16(7-9-20,11-21-13-18-12-19-21)14-4-2-1-3-5-14/h12-14H,1-11,17H2. The first-order valence-corrected chi connectivity index (χ1v) is 8.54. The summed E-state index contributed by atoms with van der Waals surface area (Å²) in [5.41, 5.74) is 5.77. The number of hydrogen-bond donors (Lipinski definition) is 1. The smallest absolute Gasteiger partial charge is 0.236 e. The van der Waals surface area contributed by atoms with Gasteiger partial charge in [0.25, 0.3) is 0 Å². The zero-order valence-electron chi connectivity index (χ0n) is 13.3. The molecule has 0 atom stereocenters. The number of likely N-dealkylation sites (tertiary alicyclic amines) is 1. The molecule has 0 bridgehead atoms. The number of piperidine rings is 1. The van der Waals surface area contributed by atoms with E-state index < -0.39 is 0 Å². The van der Waals surface area contributed by atoms with E-state index in [9.17, 15) is 4.79 Å². The van der Waals surface area contributed by atoms with Gasteiger partial charge in [0, 0.05) is 19.6 Å². The van der Waals surface area contributed by atoms with E-state index in [1.807, 2.05) is 15.9 Å². The van der Waals surface area contributed by atoms with Crippen LogP contribution in [0.4, 0.5) is 0 Å². The van der Waals surface area contributed by atoms with Crippen LogP contribution >= 0.6 is 0 Å². The average molecular weight is 305 g/mol. The number of hydrogen-bond acceptors (Lipinski definition) is 4. The Morgan fingerprint density at radius 2 is 1.95 bits per heavy atom. The fourth-order valence-electron chi connectivity index (χ4n) is 4.38. The van der Waals surface area contributed by atoms with E-state index in [0.29, 0.717) is 0 Å². The van der Waals surface area contributed by atoms with Crippen LogP contribution in [0, 0.1) is 11.3 Å². The van der Waals surface area contributed by atoms with Crippen molar-refractivity contribution in [2.24, 2.45) is 17.1 Å². The summed E-state index contributed by atoms with van der Waals surface area (Å²) in [5, 5.41) is 4.33. The molecule has 6 nitrogen and oxygen atoms in total. The first-order chi connectivity index (χ1) is 10.7. The molecule has 1 amide bonds. The molecule has 1 saturated carbocycles. The van der Waals surface area contributed by atoms with Gasteiger partial charge in [0.2, 0.25) is 5.91 Å². The van der Waals surface area contributed by atoms with Crippen LogP contribution < -0.4 is 5.73 Å². The van der Waals surface area contributed by atoms with Crippen molar-refractivity contribution in [2.45, 2.75) is 51.5 Å². The Hall–Kier alpha value is -1.43. The summed E-state index contributed by atoms with van der Waals surface area (Å²) < 4.78 is 1.98. The van der Waals surface area contributed by atoms with Crippen molar-refractivity contribution >= 4 is 5.91 Å². The third-order valence-corrected chi connectivity index (χ3v) is 5.70. The Balaban J connectivity index is 1.74. The van der Waals surface area contributed by atoms with Crippen LogP contribution in [-0.4, -0.2) is 45.2 Å². The second kappa shape index (κ2) is 6.77. The molecule has 0 unspecified atom stereocenters. The first-order valence-electron chi connectivity index (χ1n) is 8.54. The molecule has 1 aliphatic carbocycles. The highest BCUT2D eigenvalue weighted by molar-refractivity contribution is 5.78. The van der Waals surface area contributed by atoms with Gasteiger partial charge in [0.15, 0.2) is 0 Å². The van der Waals surface area contributed by atoms with Gasteiger partial charge in [-0.25, -0.2) is 4.98 Å². The summed E-state index contributed by atoms with van der Waals surface area (Å²) in [6.07, 6.45) is 12.2. The quantitative estimate of drug-likeness (QED) is 0.913. The predicted molar refractivity (Wildman–Crippen MR) is 83.9 cm³/mol. The molecule has 1 saturated heterocycles. The van der Waals surface area contributed by atoms with Crippen LogP contribution in [0.15, 0.2) is 12.7 Å². The number of amides is 1.